The minimum atomic E-state index is 0.367. The Morgan fingerprint density at radius 3 is 2.65 bits per heavy atom. The van der Waals surface area contributed by atoms with Crippen LogP contribution in [-0.2, 0) is 0 Å². The van der Waals surface area contributed by atoms with E-state index in [-0.39, 0.29) is 0 Å². The summed E-state index contributed by atoms with van der Waals surface area (Å²) in [6.45, 7) is 7.34. The van der Waals surface area contributed by atoms with Crippen molar-refractivity contribution in [3.8, 4) is 0 Å². The minimum absolute atomic E-state index is 0.367. The van der Waals surface area contributed by atoms with Crippen LogP contribution in [0.1, 0.15) is 40.0 Å². The van der Waals surface area contributed by atoms with E-state index in [1.54, 1.807) is 0 Å². The molecule has 3 heteroatoms. The van der Waals surface area contributed by atoms with Crippen LogP contribution in [0.25, 0.3) is 0 Å². The van der Waals surface area contributed by atoms with Crippen LogP contribution in [0.2, 0.25) is 0 Å². The van der Waals surface area contributed by atoms with Crippen molar-refractivity contribution in [2.45, 2.75) is 46.1 Å². The molecule has 3 atom stereocenters. The van der Waals surface area contributed by atoms with Crippen LogP contribution >= 0.6 is 0 Å². The lowest BCUT2D eigenvalue weighted by Crippen LogP contribution is -2.46. The molecular weight excluding hydrogens is 246 g/mol. The molecule has 0 amide bonds. The quantitative estimate of drug-likeness (QED) is 0.908. The smallest absolute Gasteiger partial charge is 0.151 e. The van der Waals surface area contributed by atoms with Crippen molar-refractivity contribution in [1.82, 2.24) is 4.98 Å². The van der Waals surface area contributed by atoms with Crippen LogP contribution in [0.5, 0.6) is 0 Å². The Kier molecular flexibility index (Phi) is 3.00. The lowest BCUT2D eigenvalue weighted by Gasteiger charge is -2.44. The predicted molar refractivity (Wildman–Crippen MR) is 85.2 cm³/mol. The zero-order valence-corrected chi connectivity index (χ0v) is 13.4. The maximum Gasteiger partial charge on any atom is 0.151 e. The highest BCUT2D eigenvalue weighted by molar-refractivity contribution is 5.65. The first-order valence-electron chi connectivity index (χ1n) is 7.73. The van der Waals surface area contributed by atoms with Gasteiger partial charge < -0.3 is 10.2 Å². The number of hydrogen-bond donors (Lipinski definition) is 1. The first kappa shape index (κ1) is 13.7. The minimum Gasteiger partial charge on any atom is -0.378 e. The number of anilines is 2. The molecule has 1 aromatic rings. The van der Waals surface area contributed by atoms with Gasteiger partial charge >= 0.3 is 0 Å². The van der Waals surface area contributed by atoms with Gasteiger partial charge in [-0.15, -0.1) is 0 Å². The fourth-order valence-corrected chi connectivity index (χ4v) is 4.68. The van der Waals surface area contributed by atoms with E-state index in [1.165, 1.54) is 24.9 Å². The van der Waals surface area contributed by atoms with Gasteiger partial charge in [-0.3, -0.25) is 0 Å². The van der Waals surface area contributed by atoms with Crippen LogP contribution in [0.4, 0.5) is 11.5 Å². The third-order valence-electron chi connectivity index (χ3n) is 5.78. The predicted octanol–water partition coefficient (Wildman–Crippen LogP) is 3.77. The highest BCUT2D eigenvalue weighted by Crippen LogP contribution is 2.63. The highest BCUT2D eigenvalue weighted by atomic mass is 15.2. The molecule has 0 saturated heterocycles. The first-order valence-corrected chi connectivity index (χ1v) is 7.73. The van der Waals surface area contributed by atoms with Crippen LogP contribution in [0.3, 0.4) is 0 Å². The van der Waals surface area contributed by atoms with Gasteiger partial charge in [0, 0.05) is 26.3 Å². The number of nitrogens with one attached hydrogen (secondary N) is 1. The molecule has 20 heavy (non-hydrogen) atoms. The molecule has 0 aromatic carbocycles. The lowest BCUT2D eigenvalue weighted by molar-refractivity contribution is 0.155. The largest absolute Gasteiger partial charge is 0.378 e. The average Bonchev–Trinajstić information content (AvgIpc) is 2.86. The van der Waals surface area contributed by atoms with Gasteiger partial charge in [0.2, 0.25) is 0 Å². The molecule has 2 bridgehead atoms. The Morgan fingerprint density at radius 1 is 1.30 bits per heavy atom. The Bertz CT molecular complexity index is 504. The van der Waals surface area contributed by atoms with Crippen molar-refractivity contribution in [3.05, 3.63) is 18.3 Å². The van der Waals surface area contributed by atoms with E-state index in [1.807, 2.05) is 12.3 Å². The van der Waals surface area contributed by atoms with Crippen LogP contribution < -0.4 is 10.2 Å². The Morgan fingerprint density at radius 2 is 2.05 bits per heavy atom. The van der Waals surface area contributed by atoms with E-state index in [2.05, 4.69) is 56.1 Å². The summed E-state index contributed by atoms with van der Waals surface area (Å²) in [5.74, 6) is 1.90. The molecule has 2 saturated carbocycles. The van der Waals surface area contributed by atoms with E-state index >= 15 is 0 Å². The van der Waals surface area contributed by atoms with E-state index in [9.17, 15) is 0 Å². The molecule has 2 aliphatic rings. The van der Waals surface area contributed by atoms with E-state index < -0.39 is 0 Å². The second-order valence-corrected chi connectivity index (χ2v) is 7.76. The average molecular weight is 273 g/mol. The van der Waals surface area contributed by atoms with Gasteiger partial charge in [0.15, 0.2) is 5.82 Å². The van der Waals surface area contributed by atoms with Crippen molar-refractivity contribution in [1.29, 1.82) is 0 Å². The maximum absolute atomic E-state index is 4.52. The van der Waals surface area contributed by atoms with Gasteiger partial charge in [-0.2, -0.15) is 0 Å². The number of aromatic nitrogens is 1. The molecule has 3 unspecified atom stereocenters. The summed E-state index contributed by atoms with van der Waals surface area (Å²) in [4.78, 5) is 6.60. The topological polar surface area (TPSA) is 28.2 Å². The molecule has 0 aliphatic heterocycles. The fraction of sp³-hybridized carbons (Fsp3) is 0.706. The third-order valence-corrected chi connectivity index (χ3v) is 5.78. The SMILES string of the molecule is CN(C)c1ncccc1NC1C2(C)CCC(C2)C1(C)C. The molecule has 0 radical (unpaired) electrons. The van der Waals surface area contributed by atoms with Crippen LogP contribution in [0, 0.1) is 16.7 Å². The van der Waals surface area contributed by atoms with Crippen LogP contribution in [0.15, 0.2) is 18.3 Å². The van der Waals surface area contributed by atoms with E-state index in [0.29, 0.717) is 16.9 Å². The maximum atomic E-state index is 4.52. The number of nitrogens with zero attached hydrogens (tertiary/aromatic N) is 2. The van der Waals surface area contributed by atoms with Crippen molar-refractivity contribution in [2.75, 3.05) is 24.3 Å². The second-order valence-electron chi connectivity index (χ2n) is 7.76. The zero-order chi connectivity index (χ0) is 14.5. The Hall–Kier alpha value is -1.25. The van der Waals surface area contributed by atoms with Gasteiger partial charge in [-0.1, -0.05) is 20.8 Å². The number of rotatable bonds is 3. The molecule has 0 spiro atoms. The molecular formula is C17H27N3. The Labute approximate surface area is 122 Å². The van der Waals surface area contributed by atoms with Gasteiger partial charge in [-0.25, -0.2) is 4.98 Å². The normalized spacial score (nSPS) is 34.2. The zero-order valence-electron chi connectivity index (χ0n) is 13.4. The monoisotopic (exact) mass is 273 g/mol. The Balaban J connectivity index is 1.92. The second kappa shape index (κ2) is 4.37. The summed E-state index contributed by atoms with van der Waals surface area (Å²) in [5, 5.41) is 3.85. The molecule has 110 valence electrons. The van der Waals surface area contributed by atoms with Gasteiger partial charge in [-0.05, 0) is 48.1 Å². The molecule has 1 heterocycles. The van der Waals surface area contributed by atoms with Gasteiger partial charge in [0.1, 0.15) is 0 Å². The number of fused-ring (bicyclic) bond motifs is 2. The van der Waals surface area contributed by atoms with Crippen LogP contribution in [-0.4, -0.2) is 25.1 Å². The van der Waals surface area contributed by atoms with E-state index in [4.69, 9.17) is 0 Å². The summed E-state index contributed by atoms with van der Waals surface area (Å²) in [6.07, 6.45) is 6.00. The van der Waals surface area contributed by atoms with E-state index in [0.717, 1.165) is 11.7 Å². The van der Waals surface area contributed by atoms with Crippen molar-refractivity contribution < 1.29 is 0 Å². The standard InChI is InChI=1S/C17H27N3/c1-16(2)12-8-9-17(3,11-12)15(16)19-13-7-6-10-18-14(13)20(4)5/h6-7,10,12,15,19H,8-9,11H2,1-5H3. The molecule has 2 aliphatic carbocycles. The van der Waals surface area contributed by atoms with Crippen molar-refractivity contribution >= 4 is 11.5 Å². The van der Waals surface area contributed by atoms with Crippen molar-refractivity contribution in [3.63, 3.8) is 0 Å². The molecule has 3 rings (SSSR count). The summed E-state index contributed by atoms with van der Waals surface area (Å²) in [7, 11) is 4.11. The molecule has 1 aromatic heterocycles. The molecule has 3 nitrogen and oxygen atoms in total. The summed E-state index contributed by atoms with van der Waals surface area (Å²) in [5.41, 5.74) is 1.98. The van der Waals surface area contributed by atoms with Gasteiger partial charge in [0.25, 0.3) is 0 Å². The fourth-order valence-electron chi connectivity index (χ4n) is 4.68. The summed E-state index contributed by atoms with van der Waals surface area (Å²) >= 11 is 0. The lowest BCUT2D eigenvalue weighted by atomic mass is 9.68. The van der Waals surface area contributed by atoms with Gasteiger partial charge in [0.05, 0.1) is 5.69 Å². The summed E-state index contributed by atoms with van der Waals surface area (Å²) < 4.78 is 0. The summed E-state index contributed by atoms with van der Waals surface area (Å²) in [6, 6.07) is 4.72. The number of hydrogen-bond acceptors (Lipinski definition) is 3. The number of pyridine rings is 1. The first-order chi connectivity index (χ1) is 9.34. The third kappa shape index (κ3) is 1.90. The highest BCUT2D eigenvalue weighted by Gasteiger charge is 2.59. The molecule has 2 fully saturated rings. The van der Waals surface area contributed by atoms with Crippen molar-refractivity contribution in [2.24, 2.45) is 16.7 Å². The molecule has 1 N–H and O–H groups in total.